The molecule has 0 saturated carbocycles. The molecule has 0 radical (unpaired) electrons. The Kier molecular flexibility index (Phi) is 4.83. The Morgan fingerprint density at radius 2 is 2.47 bits per heavy atom. The third-order valence-corrected chi connectivity index (χ3v) is 2.18. The topological polar surface area (TPSA) is 61.4 Å². The van der Waals surface area contributed by atoms with Gasteiger partial charge in [-0.2, -0.15) is 0 Å². The van der Waals surface area contributed by atoms with E-state index in [1.807, 2.05) is 0 Å². The van der Waals surface area contributed by atoms with E-state index in [4.69, 9.17) is 0 Å². The highest BCUT2D eigenvalue weighted by Gasteiger charge is 2.18. The molecule has 0 aromatic carbocycles. The van der Waals surface area contributed by atoms with E-state index in [-0.39, 0.29) is 24.9 Å². The SMILES string of the molecule is C=CCNCC(=O)N1CCCNC(=O)C1. The van der Waals surface area contributed by atoms with Crippen LogP contribution in [0.2, 0.25) is 0 Å². The molecule has 84 valence electrons. The minimum atomic E-state index is -0.0791. The molecule has 1 heterocycles. The van der Waals surface area contributed by atoms with E-state index >= 15 is 0 Å². The number of amides is 2. The van der Waals surface area contributed by atoms with Crippen molar-refractivity contribution >= 4 is 11.8 Å². The van der Waals surface area contributed by atoms with E-state index in [1.165, 1.54) is 0 Å². The standard InChI is InChI=1S/C10H17N3O2/c1-2-4-11-7-10(15)13-6-3-5-12-9(14)8-13/h2,11H,1,3-8H2,(H,12,14). The van der Waals surface area contributed by atoms with Crippen LogP contribution in [0.3, 0.4) is 0 Å². The normalized spacial score (nSPS) is 16.8. The molecule has 1 saturated heterocycles. The smallest absolute Gasteiger partial charge is 0.239 e. The summed E-state index contributed by atoms with van der Waals surface area (Å²) in [5, 5.41) is 5.65. The third kappa shape index (κ3) is 4.12. The summed E-state index contributed by atoms with van der Waals surface area (Å²) in [4.78, 5) is 24.4. The average Bonchev–Trinajstić information content (AvgIpc) is 2.43. The molecule has 5 heteroatoms. The Morgan fingerprint density at radius 3 is 3.20 bits per heavy atom. The summed E-state index contributed by atoms with van der Waals surface area (Å²) in [5.41, 5.74) is 0. The molecule has 2 amide bonds. The summed E-state index contributed by atoms with van der Waals surface area (Å²) in [6.45, 7) is 5.89. The number of carbonyl (C=O) groups excluding carboxylic acids is 2. The van der Waals surface area contributed by atoms with Gasteiger partial charge < -0.3 is 15.5 Å². The van der Waals surface area contributed by atoms with Crippen molar-refractivity contribution in [2.24, 2.45) is 0 Å². The molecule has 0 aromatic rings. The fraction of sp³-hybridized carbons (Fsp3) is 0.600. The molecule has 1 aliphatic heterocycles. The van der Waals surface area contributed by atoms with Gasteiger partial charge in [0.25, 0.3) is 0 Å². The molecular formula is C10H17N3O2. The van der Waals surface area contributed by atoms with Crippen LogP contribution >= 0.6 is 0 Å². The van der Waals surface area contributed by atoms with E-state index in [1.54, 1.807) is 11.0 Å². The summed E-state index contributed by atoms with van der Waals surface area (Å²) in [6, 6.07) is 0. The highest BCUT2D eigenvalue weighted by Crippen LogP contribution is 1.96. The highest BCUT2D eigenvalue weighted by atomic mass is 16.2. The zero-order chi connectivity index (χ0) is 11.1. The van der Waals surface area contributed by atoms with Crippen LogP contribution in [0.5, 0.6) is 0 Å². The second-order valence-electron chi connectivity index (χ2n) is 3.44. The van der Waals surface area contributed by atoms with Crippen LogP contribution in [-0.4, -0.2) is 49.4 Å². The molecule has 1 aliphatic rings. The van der Waals surface area contributed by atoms with E-state index in [0.717, 1.165) is 6.42 Å². The van der Waals surface area contributed by atoms with Gasteiger partial charge in [-0.15, -0.1) is 6.58 Å². The summed E-state index contributed by atoms with van der Waals surface area (Å²) in [5.74, 6) is -0.113. The molecule has 0 unspecified atom stereocenters. The first-order chi connectivity index (χ1) is 7.24. The fourth-order valence-corrected chi connectivity index (χ4v) is 1.41. The van der Waals surface area contributed by atoms with Gasteiger partial charge in [0.05, 0.1) is 13.1 Å². The van der Waals surface area contributed by atoms with Crippen molar-refractivity contribution < 1.29 is 9.59 Å². The molecule has 1 rings (SSSR count). The molecule has 0 bridgehead atoms. The Balaban J connectivity index is 2.36. The van der Waals surface area contributed by atoms with Crippen molar-refractivity contribution in [3.05, 3.63) is 12.7 Å². The average molecular weight is 211 g/mol. The van der Waals surface area contributed by atoms with Crippen LogP contribution < -0.4 is 10.6 Å². The number of nitrogens with zero attached hydrogens (tertiary/aromatic N) is 1. The first-order valence-corrected chi connectivity index (χ1v) is 5.10. The lowest BCUT2D eigenvalue weighted by Crippen LogP contribution is -2.41. The summed E-state index contributed by atoms with van der Waals surface area (Å²) in [6.07, 6.45) is 2.52. The molecule has 0 aromatic heterocycles. The fourth-order valence-electron chi connectivity index (χ4n) is 1.41. The maximum absolute atomic E-state index is 11.6. The Bertz CT molecular complexity index is 253. The number of hydrogen-bond acceptors (Lipinski definition) is 3. The molecule has 0 spiro atoms. The van der Waals surface area contributed by atoms with Gasteiger partial charge in [0, 0.05) is 19.6 Å². The lowest BCUT2D eigenvalue weighted by Gasteiger charge is -2.18. The molecule has 1 fully saturated rings. The highest BCUT2D eigenvalue weighted by molar-refractivity contribution is 5.86. The number of rotatable bonds is 4. The van der Waals surface area contributed by atoms with Crippen LogP contribution in [0.15, 0.2) is 12.7 Å². The van der Waals surface area contributed by atoms with Gasteiger partial charge in [-0.3, -0.25) is 9.59 Å². The first-order valence-electron chi connectivity index (χ1n) is 5.10. The van der Waals surface area contributed by atoms with Crippen molar-refractivity contribution in [1.82, 2.24) is 15.5 Å². The van der Waals surface area contributed by atoms with Crippen molar-refractivity contribution in [1.29, 1.82) is 0 Å². The van der Waals surface area contributed by atoms with Crippen LogP contribution in [0.4, 0.5) is 0 Å². The number of hydrogen-bond donors (Lipinski definition) is 2. The van der Waals surface area contributed by atoms with E-state index in [0.29, 0.717) is 19.6 Å². The Labute approximate surface area is 89.5 Å². The molecule has 15 heavy (non-hydrogen) atoms. The van der Waals surface area contributed by atoms with Crippen LogP contribution in [0.25, 0.3) is 0 Å². The largest absolute Gasteiger partial charge is 0.354 e. The summed E-state index contributed by atoms with van der Waals surface area (Å²) < 4.78 is 0. The van der Waals surface area contributed by atoms with Crippen LogP contribution in [0.1, 0.15) is 6.42 Å². The zero-order valence-corrected chi connectivity index (χ0v) is 8.79. The zero-order valence-electron chi connectivity index (χ0n) is 8.79. The second kappa shape index (κ2) is 6.19. The maximum atomic E-state index is 11.6. The molecule has 5 nitrogen and oxygen atoms in total. The van der Waals surface area contributed by atoms with E-state index < -0.39 is 0 Å². The van der Waals surface area contributed by atoms with Crippen molar-refractivity contribution in [3.8, 4) is 0 Å². The van der Waals surface area contributed by atoms with Crippen LogP contribution in [-0.2, 0) is 9.59 Å². The van der Waals surface area contributed by atoms with Gasteiger partial charge in [-0.05, 0) is 6.42 Å². The second-order valence-corrected chi connectivity index (χ2v) is 3.44. The van der Waals surface area contributed by atoms with Crippen LogP contribution in [0, 0.1) is 0 Å². The lowest BCUT2D eigenvalue weighted by atomic mass is 10.4. The van der Waals surface area contributed by atoms with Crippen molar-refractivity contribution in [3.63, 3.8) is 0 Å². The van der Waals surface area contributed by atoms with E-state index in [2.05, 4.69) is 17.2 Å². The quantitative estimate of drug-likeness (QED) is 0.468. The predicted molar refractivity (Wildman–Crippen MR) is 57.3 cm³/mol. The van der Waals surface area contributed by atoms with Gasteiger partial charge in [-0.25, -0.2) is 0 Å². The summed E-state index contributed by atoms with van der Waals surface area (Å²) >= 11 is 0. The lowest BCUT2D eigenvalue weighted by molar-refractivity contribution is -0.134. The van der Waals surface area contributed by atoms with Gasteiger partial charge in [-0.1, -0.05) is 6.08 Å². The van der Waals surface area contributed by atoms with Gasteiger partial charge >= 0.3 is 0 Å². The maximum Gasteiger partial charge on any atom is 0.239 e. The first kappa shape index (κ1) is 11.7. The Hall–Kier alpha value is -1.36. The Morgan fingerprint density at radius 1 is 1.67 bits per heavy atom. The van der Waals surface area contributed by atoms with Crippen molar-refractivity contribution in [2.75, 3.05) is 32.7 Å². The molecule has 2 N–H and O–H groups in total. The third-order valence-electron chi connectivity index (χ3n) is 2.18. The van der Waals surface area contributed by atoms with Gasteiger partial charge in [0.1, 0.15) is 0 Å². The predicted octanol–water partition coefficient (Wildman–Crippen LogP) is -0.889. The monoisotopic (exact) mass is 211 g/mol. The number of nitrogens with one attached hydrogen (secondary N) is 2. The molecular weight excluding hydrogens is 194 g/mol. The van der Waals surface area contributed by atoms with Gasteiger partial charge in [0.15, 0.2) is 0 Å². The minimum absolute atomic E-state index is 0.0334. The molecule has 0 atom stereocenters. The van der Waals surface area contributed by atoms with Gasteiger partial charge in [0.2, 0.25) is 11.8 Å². The molecule has 0 aliphatic carbocycles. The van der Waals surface area contributed by atoms with Crippen molar-refractivity contribution in [2.45, 2.75) is 6.42 Å². The number of carbonyl (C=O) groups is 2. The minimum Gasteiger partial charge on any atom is -0.354 e. The van der Waals surface area contributed by atoms with E-state index in [9.17, 15) is 9.59 Å². The summed E-state index contributed by atoms with van der Waals surface area (Å²) in [7, 11) is 0.